The molecule has 0 saturated heterocycles. The first-order chi connectivity index (χ1) is 4.80. The lowest BCUT2D eigenvalue weighted by atomic mass is 9.97. The fourth-order valence-corrected chi connectivity index (χ4v) is 0.728. The molecule has 0 aliphatic rings. The normalized spacial score (nSPS) is 18.6. The molecule has 4 heteroatoms. The number of rotatable bonds is 3. The van der Waals surface area contributed by atoms with E-state index >= 15 is 0 Å². The largest absolute Gasteiger partial charge is 0.368 e. The summed E-state index contributed by atoms with van der Waals surface area (Å²) in [5.41, 5.74) is 0. The number of carbonyl (C=O) groups excluding carboxylic acids is 2. The van der Waals surface area contributed by atoms with E-state index in [1.807, 2.05) is 0 Å². The van der Waals surface area contributed by atoms with E-state index in [2.05, 4.69) is 0 Å². The molecule has 0 aromatic rings. The highest BCUT2D eigenvalue weighted by atomic mass is 35.5. The Kier molecular flexibility index (Phi) is 3.20. The van der Waals surface area contributed by atoms with Crippen molar-refractivity contribution < 1.29 is 14.7 Å². The number of halogens is 1. The van der Waals surface area contributed by atoms with Crippen molar-refractivity contribution in [2.24, 2.45) is 5.92 Å². The summed E-state index contributed by atoms with van der Waals surface area (Å²) in [4.78, 5) is 21.4. The number of hydrogen-bond donors (Lipinski definition) is 1. The number of ketones is 2. The second kappa shape index (κ2) is 3.32. The fourth-order valence-electron chi connectivity index (χ4n) is 0.574. The van der Waals surface area contributed by atoms with Gasteiger partial charge in [-0.2, -0.15) is 0 Å². The maximum atomic E-state index is 10.7. The molecule has 0 aliphatic heterocycles. The van der Waals surface area contributed by atoms with Crippen molar-refractivity contribution in [1.82, 2.24) is 0 Å². The van der Waals surface area contributed by atoms with Crippen LogP contribution in [0.1, 0.15) is 20.8 Å². The molecule has 1 N–H and O–H groups in total. The lowest BCUT2D eigenvalue weighted by Gasteiger charge is -2.22. The van der Waals surface area contributed by atoms with Gasteiger partial charge in [0.15, 0.2) is 5.78 Å². The van der Waals surface area contributed by atoms with Crippen LogP contribution in [0, 0.1) is 5.92 Å². The van der Waals surface area contributed by atoms with Crippen LogP contribution in [0.3, 0.4) is 0 Å². The predicted molar refractivity (Wildman–Crippen MR) is 41.3 cm³/mol. The molecule has 0 saturated carbocycles. The Morgan fingerprint density at radius 3 is 1.91 bits per heavy atom. The number of carbonyl (C=O) groups is 2. The van der Waals surface area contributed by atoms with E-state index in [1.54, 1.807) is 0 Å². The van der Waals surface area contributed by atoms with Crippen molar-refractivity contribution in [3.63, 3.8) is 0 Å². The van der Waals surface area contributed by atoms with E-state index < -0.39 is 16.8 Å². The van der Waals surface area contributed by atoms with E-state index in [9.17, 15) is 14.7 Å². The van der Waals surface area contributed by atoms with Gasteiger partial charge in [-0.05, 0) is 13.8 Å². The molecule has 0 bridgehead atoms. The minimum atomic E-state index is -2.04. The van der Waals surface area contributed by atoms with Gasteiger partial charge in [0.2, 0.25) is 5.06 Å². The predicted octanol–water partition coefficient (Wildman–Crippen LogP) is 0.728. The molecule has 0 rings (SSSR count). The van der Waals surface area contributed by atoms with Crippen LogP contribution >= 0.6 is 11.6 Å². The number of Topliss-reactive ketones (excluding diaryl/α,β-unsaturated/α-hetero) is 2. The second-order valence-corrected chi connectivity index (χ2v) is 3.14. The highest BCUT2D eigenvalue weighted by Crippen LogP contribution is 2.23. The summed E-state index contributed by atoms with van der Waals surface area (Å²) in [5, 5.41) is 7.19. The molecule has 64 valence electrons. The Morgan fingerprint density at radius 1 is 1.45 bits per heavy atom. The summed E-state index contributed by atoms with van der Waals surface area (Å²) >= 11 is 5.40. The smallest absolute Gasteiger partial charge is 0.206 e. The zero-order valence-corrected chi connectivity index (χ0v) is 7.47. The fraction of sp³-hybridized carbons (Fsp3) is 0.714. The zero-order chi connectivity index (χ0) is 9.23. The Labute approximate surface area is 70.3 Å². The van der Waals surface area contributed by atoms with Gasteiger partial charge in [-0.1, -0.05) is 18.5 Å². The molecule has 0 heterocycles. The van der Waals surface area contributed by atoms with Crippen molar-refractivity contribution in [2.75, 3.05) is 0 Å². The van der Waals surface area contributed by atoms with Crippen LogP contribution in [0.15, 0.2) is 0 Å². The van der Waals surface area contributed by atoms with Crippen molar-refractivity contribution >= 4 is 23.2 Å². The Morgan fingerprint density at radius 2 is 1.82 bits per heavy atom. The van der Waals surface area contributed by atoms with E-state index in [0.29, 0.717) is 0 Å². The maximum absolute atomic E-state index is 10.7. The lowest BCUT2D eigenvalue weighted by Crippen LogP contribution is -2.40. The van der Waals surface area contributed by atoms with E-state index in [4.69, 9.17) is 11.6 Å². The molecule has 11 heavy (non-hydrogen) atoms. The van der Waals surface area contributed by atoms with Crippen LogP contribution < -0.4 is 0 Å². The molecule has 3 nitrogen and oxygen atoms in total. The van der Waals surface area contributed by atoms with Crippen molar-refractivity contribution in [3.05, 3.63) is 0 Å². The van der Waals surface area contributed by atoms with E-state index in [-0.39, 0.29) is 5.78 Å². The molecule has 0 aromatic carbocycles. The zero-order valence-electron chi connectivity index (χ0n) is 6.72. The van der Waals surface area contributed by atoms with Gasteiger partial charge in [-0.3, -0.25) is 9.59 Å². The first kappa shape index (κ1) is 10.6. The van der Waals surface area contributed by atoms with E-state index in [0.717, 1.165) is 6.92 Å². The molecule has 0 radical (unpaired) electrons. The standard InChI is InChI=1S/C7H11ClO3/c1-4(5(2)9)7(8,11)6(3)10/h4,11H,1-3H3. The van der Waals surface area contributed by atoms with Gasteiger partial charge in [0.05, 0.1) is 5.92 Å². The summed E-state index contributed by atoms with van der Waals surface area (Å²) < 4.78 is 0. The van der Waals surface area contributed by atoms with Crippen LogP contribution in [-0.4, -0.2) is 21.7 Å². The SMILES string of the molecule is CC(=O)C(C)C(O)(Cl)C(C)=O. The number of aliphatic hydroxyl groups is 1. The maximum Gasteiger partial charge on any atom is 0.206 e. The first-order valence-electron chi connectivity index (χ1n) is 3.23. The molecule has 0 aromatic heterocycles. The van der Waals surface area contributed by atoms with Crippen molar-refractivity contribution in [3.8, 4) is 0 Å². The lowest BCUT2D eigenvalue weighted by molar-refractivity contribution is -0.138. The molecule has 0 spiro atoms. The van der Waals surface area contributed by atoms with Gasteiger partial charge in [0.25, 0.3) is 0 Å². The second-order valence-electron chi connectivity index (χ2n) is 2.56. The van der Waals surface area contributed by atoms with Crippen LogP contribution in [0.25, 0.3) is 0 Å². The molecule has 0 amide bonds. The van der Waals surface area contributed by atoms with Gasteiger partial charge >= 0.3 is 0 Å². The summed E-state index contributed by atoms with van der Waals surface area (Å²) in [6, 6.07) is 0. The molecule has 2 atom stereocenters. The van der Waals surface area contributed by atoms with Crippen molar-refractivity contribution in [1.29, 1.82) is 0 Å². The van der Waals surface area contributed by atoms with Crippen LogP contribution in [-0.2, 0) is 9.59 Å². The summed E-state index contributed by atoms with van der Waals surface area (Å²) in [6.45, 7) is 3.84. The molecule has 2 unspecified atom stereocenters. The highest BCUT2D eigenvalue weighted by molar-refractivity contribution is 6.34. The van der Waals surface area contributed by atoms with Gasteiger partial charge < -0.3 is 5.11 Å². The van der Waals surface area contributed by atoms with Gasteiger partial charge in [0.1, 0.15) is 5.78 Å². The summed E-state index contributed by atoms with van der Waals surface area (Å²) in [7, 11) is 0. The average molecular weight is 179 g/mol. The van der Waals surface area contributed by atoms with Crippen LogP contribution in [0.5, 0.6) is 0 Å². The Hall–Kier alpha value is -0.410. The van der Waals surface area contributed by atoms with Crippen LogP contribution in [0.2, 0.25) is 0 Å². The minimum Gasteiger partial charge on any atom is -0.368 e. The minimum absolute atomic E-state index is 0.308. The average Bonchev–Trinajstić information content (AvgIpc) is 1.85. The van der Waals surface area contributed by atoms with Crippen LogP contribution in [0.4, 0.5) is 0 Å². The molecule has 0 aliphatic carbocycles. The van der Waals surface area contributed by atoms with Crippen molar-refractivity contribution in [2.45, 2.75) is 25.8 Å². The van der Waals surface area contributed by atoms with E-state index in [1.165, 1.54) is 13.8 Å². The van der Waals surface area contributed by atoms with Gasteiger partial charge in [-0.25, -0.2) is 0 Å². The molecular formula is C7H11ClO3. The monoisotopic (exact) mass is 178 g/mol. The topological polar surface area (TPSA) is 54.4 Å². The number of alkyl halides is 1. The third-order valence-electron chi connectivity index (χ3n) is 1.68. The van der Waals surface area contributed by atoms with Gasteiger partial charge in [-0.15, -0.1) is 0 Å². The highest BCUT2D eigenvalue weighted by Gasteiger charge is 2.38. The summed E-state index contributed by atoms with van der Waals surface area (Å²) in [6.07, 6.45) is 0. The van der Waals surface area contributed by atoms with Gasteiger partial charge in [0, 0.05) is 0 Å². The molecule has 0 fully saturated rings. The Balaban J connectivity index is 4.55. The first-order valence-corrected chi connectivity index (χ1v) is 3.60. The summed E-state index contributed by atoms with van der Waals surface area (Å²) in [5.74, 6) is -1.78. The third kappa shape index (κ3) is 2.27. The Bertz CT molecular complexity index is 186. The quantitative estimate of drug-likeness (QED) is 0.649. The molecular weight excluding hydrogens is 168 g/mol. The third-order valence-corrected chi connectivity index (χ3v) is 2.27. The number of hydrogen-bond acceptors (Lipinski definition) is 3.